The molecule has 0 aliphatic heterocycles. The summed E-state index contributed by atoms with van der Waals surface area (Å²) >= 11 is 0. The van der Waals surface area contributed by atoms with Crippen molar-refractivity contribution in [3.05, 3.63) is 0 Å². The summed E-state index contributed by atoms with van der Waals surface area (Å²) in [5, 5.41) is 12.5. The van der Waals surface area contributed by atoms with Gasteiger partial charge in [0.15, 0.2) is 0 Å². The molecule has 2 N–H and O–H groups in total. The van der Waals surface area contributed by atoms with E-state index in [4.69, 9.17) is 0 Å². The van der Waals surface area contributed by atoms with Crippen molar-refractivity contribution in [2.45, 2.75) is 39.2 Å². The van der Waals surface area contributed by atoms with Gasteiger partial charge in [-0.1, -0.05) is 13.8 Å². The average molecular weight is 202 g/mol. The monoisotopic (exact) mass is 202 g/mol. The van der Waals surface area contributed by atoms with Gasteiger partial charge in [0.05, 0.1) is 12.1 Å². The average Bonchev–Trinajstić information content (AvgIpc) is 2.18. The minimum Gasteiger partial charge on any atom is -0.394 e. The molecule has 1 unspecified atom stereocenters. The molecule has 0 aliphatic carbocycles. The fourth-order valence-corrected chi connectivity index (χ4v) is 1.60. The topological polar surface area (TPSA) is 35.5 Å². The molecule has 0 rings (SSSR count). The second kappa shape index (κ2) is 7.21. The van der Waals surface area contributed by atoms with E-state index >= 15 is 0 Å². The van der Waals surface area contributed by atoms with Crippen LogP contribution in [0.1, 0.15) is 33.6 Å². The highest BCUT2D eigenvalue weighted by atomic mass is 16.3. The predicted octanol–water partition coefficient (Wildman–Crippen LogP) is 1.08. The lowest BCUT2D eigenvalue weighted by atomic mass is 10.0. The number of rotatable bonds is 8. The van der Waals surface area contributed by atoms with Gasteiger partial charge in [-0.2, -0.15) is 0 Å². The summed E-state index contributed by atoms with van der Waals surface area (Å²) in [5.74, 6) is 0. The Morgan fingerprint density at radius 1 is 1.21 bits per heavy atom. The van der Waals surface area contributed by atoms with Crippen molar-refractivity contribution in [3.8, 4) is 0 Å². The second-order valence-corrected chi connectivity index (χ2v) is 4.24. The van der Waals surface area contributed by atoms with E-state index in [0.717, 1.165) is 19.6 Å². The standard InChI is InChI=1S/C11H26N2O/c1-5-7-13(8-6-2)9-11(3,10-14)12-4/h12,14H,5-10H2,1-4H3. The number of aliphatic hydroxyl groups excluding tert-OH is 1. The van der Waals surface area contributed by atoms with Gasteiger partial charge in [-0.3, -0.25) is 0 Å². The first-order valence-corrected chi connectivity index (χ1v) is 5.64. The zero-order valence-electron chi connectivity index (χ0n) is 10.1. The molecule has 0 aromatic carbocycles. The molecule has 86 valence electrons. The Bertz CT molecular complexity index is 129. The van der Waals surface area contributed by atoms with Crippen LogP contribution in [0.2, 0.25) is 0 Å². The van der Waals surface area contributed by atoms with Crippen LogP contribution < -0.4 is 5.32 Å². The lowest BCUT2D eigenvalue weighted by Crippen LogP contribution is -2.52. The second-order valence-electron chi connectivity index (χ2n) is 4.24. The summed E-state index contributed by atoms with van der Waals surface area (Å²) < 4.78 is 0. The van der Waals surface area contributed by atoms with Crippen LogP contribution in [0.15, 0.2) is 0 Å². The summed E-state index contributed by atoms with van der Waals surface area (Å²) in [6.45, 7) is 9.79. The number of nitrogens with zero attached hydrogens (tertiary/aromatic N) is 1. The Labute approximate surface area is 88.5 Å². The third kappa shape index (κ3) is 4.94. The third-order valence-corrected chi connectivity index (χ3v) is 2.60. The molecule has 0 saturated carbocycles. The van der Waals surface area contributed by atoms with Crippen LogP contribution in [0.3, 0.4) is 0 Å². The Balaban J connectivity index is 4.10. The molecular weight excluding hydrogens is 176 g/mol. The predicted molar refractivity (Wildman–Crippen MR) is 61.6 cm³/mol. The van der Waals surface area contributed by atoms with Gasteiger partial charge in [0.1, 0.15) is 0 Å². The molecule has 0 heterocycles. The molecule has 0 saturated heterocycles. The highest BCUT2D eigenvalue weighted by Crippen LogP contribution is 2.06. The molecule has 3 nitrogen and oxygen atoms in total. The fourth-order valence-electron chi connectivity index (χ4n) is 1.60. The van der Waals surface area contributed by atoms with Crippen molar-refractivity contribution >= 4 is 0 Å². The maximum absolute atomic E-state index is 9.28. The van der Waals surface area contributed by atoms with Gasteiger partial charge in [-0.05, 0) is 39.9 Å². The van der Waals surface area contributed by atoms with Crippen molar-refractivity contribution in [3.63, 3.8) is 0 Å². The molecule has 1 atom stereocenters. The minimum atomic E-state index is -0.162. The van der Waals surface area contributed by atoms with Gasteiger partial charge < -0.3 is 15.3 Å². The SMILES string of the molecule is CCCN(CCC)CC(C)(CO)NC. The van der Waals surface area contributed by atoms with E-state index in [1.165, 1.54) is 12.8 Å². The lowest BCUT2D eigenvalue weighted by molar-refractivity contribution is 0.126. The molecule has 14 heavy (non-hydrogen) atoms. The van der Waals surface area contributed by atoms with E-state index in [1.807, 2.05) is 7.05 Å². The summed E-state index contributed by atoms with van der Waals surface area (Å²) in [4.78, 5) is 2.41. The molecule has 0 bridgehead atoms. The maximum atomic E-state index is 9.28. The number of hydrogen-bond acceptors (Lipinski definition) is 3. The largest absolute Gasteiger partial charge is 0.394 e. The zero-order chi connectivity index (χ0) is 11.0. The Kier molecular flexibility index (Phi) is 7.15. The molecule has 0 amide bonds. The lowest BCUT2D eigenvalue weighted by Gasteiger charge is -2.33. The molecule has 3 heteroatoms. The van der Waals surface area contributed by atoms with Gasteiger partial charge >= 0.3 is 0 Å². The zero-order valence-corrected chi connectivity index (χ0v) is 10.1. The molecular formula is C11H26N2O. The van der Waals surface area contributed by atoms with Gasteiger partial charge in [-0.15, -0.1) is 0 Å². The van der Waals surface area contributed by atoms with Crippen LogP contribution in [0.25, 0.3) is 0 Å². The van der Waals surface area contributed by atoms with Crippen LogP contribution >= 0.6 is 0 Å². The normalized spacial score (nSPS) is 15.9. The van der Waals surface area contributed by atoms with E-state index in [0.29, 0.717) is 0 Å². The van der Waals surface area contributed by atoms with Gasteiger partial charge in [0, 0.05) is 6.54 Å². The third-order valence-electron chi connectivity index (χ3n) is 2.60. The van der Waals surface area contributed by atoms with Crippen LogP contribution in [0, 0.1) is 0 Å². The van der Waals surface area contributed by atoms with Crippen molar-refractivity contribution in [1.82, 2.24) is 10.2 Å². The van der Waals surface area contributed by atoms with E-state index in [1.54, 1.807) is 0 Å². The molecule has 0 aromatic rings. The van der Waals surface area contributed by atoms with Crippen molar-refractivity contribution in [2.75, 3.05) is 33.3 Å². The summed E-state index contributed by atoms with van der Waals surface area (Å²) in [6.07, 6.45) is 2.34. The summed E-state index contributed by atoms with van der Waals surface area (Å²) in [5.41, 5.74) is -0.162. The maximum Gasteiger partial charge on any atom is 0.0623 e. The van der Waals surface area contributed by atoms with Crippen LogP contribution in [-0.4, -0.2) is 48.8 Å². The highest BCUT2D eigenvalue weighted by molar-refractivity contribution is 4.84. The molecule has 0 aromatic heterocycles. The minimum absolute atomic E-state index is 0.162. The number of hydrogen-bond donors (Lipinski definition) is 2. The van der Waals surface area contributed by atoms with Gasteiger partial charge in [0.2, 0.25) is 0 Å². The molecule has 0 aliphatic rings. The summed E-state index contributed by atoms with van der Waals surface area (Å²) in [7, 11) is 1.91. The number of aliphatic hydroxyl groups is 1. The number of nitrogens with one attached hydrogen (secondary N) is 1. The van der Waals surface area contributed by atoms with E-state index < -0.39 is 0 Å². The molecule has 0 fully saturated rings. The quantitative estimate of drug-likeness (QED) is 0.618. The fraction of sp³-hybridized carbons (Fsp3) is 1.00. The first-order chi connectivity index (χ1) is 6.61. The van der Waals surface area contributed by atoms with Crippen LogP contribution in [-0.2, 0) is 0 Å². The first kappa shape index (κ1) is 13.9. The van der Waals surface area contributed by atoms with Crippen LogP contribution in [0.4, 0.5) is 0 Å². The van der Waals surface area contributed by atoms with Crippen molar-refractivity contribution in [1.29, 1.82) is 0 Å². The van der Waals surface area contributed by atoms with Gasteiger partial charge in [0.25, 0.3) is 0 Å². The molecule has 0 spiro atoms. The van der Waals surface area contributed by atoms with Crippen molar-refractivity contribution in [2.24, 2.45) is 0 Å². The Morgan fingerprint density at radius 3 is 2.00 bits per heavy atom. The number of likely N-dealkylation sites (N-methyl/N-ethyl adjacent to an activating group) is 1. The Morgan fingerprint density at radius 2 is 1.71 bits per heavy atom. The van der Waals surface area contributed by atoms with Crippen LogP contribution in [0.5, 0.6) is 0 Å². The Hall–Kier alpha value is -0.120. The van der Waals surface area contributed by atoms with Gasteiger partial charge in [-0.25, -0.2) is 0 Å². The van der Waals surface area contributed by atoms with E-state index in [2.05, 4.69) is 31.0 Å². The van der Waals surface area contributed by atoms with Crippen molar-refractivity contribution < 1.29 is 5.11 Å². The smallest absolute Gasteiger partial charge is 0.0623 e. The highest BCUT2D eigenvalue weighted by Gasteiger charge is 2.23. The molecule has 0 radical (unpaired) electrons. The van der Waals surface area contributed by atoms with E-state index in [-0.39, 0.29) is 12.1 Å². The summed E-state index contributed by atoms with van der Waals surface area (Å²) in [6, 6.07) is 0. The first-order valence-electron chi connectivity index (χ1n) is 5.64. The van der Waals surface area contributed by atoms with E-state index in [9.17, 15) is 5.11 Å².